The summed E-state index contributed by atoms with van der Waals surface area (Å²) in [7, 11) is -3.64. The summed E-state index contributed by atoms with van der Waals surface area (Å²) in [5.74, 6) is -0.257. The molecule has 0 radical (unpaired) electrons. The van der Waals surface area contributed by atoms with E-state index in [0.717, 1.165) is 12.0 Å². The van der Waals surface area contributed by atoms with Crippen LogP contribution in [0.4, 0.5) is 0 Å². The first-order chi connectivity index (χ1) is 13.0. The zero-order valence-corrected chi connectivity index (χ0v) is 16.9. The summed E-state index contributed by atoms with van der Waals surface area (Å²) in [5.41, 5.74) is 1.09. The van der Waals surface area contributed by atoms with Crippen molar-refractivity contribution in [2.24, 2.45) is 0 Å². The fraction of sp³-hybridized carbons (Fsp3) is 0.421. The molecule has 1 fully saturated rings. The summed E-state index contributed by atoms with van der Waals surface area (Å²) in [5, 5.41) is 4.88. The third kappa shape index (κ3) is 4.76. The Morgan fingerprint density at radius 1 is 1.26 bits per heavy atom. The molecule has 27 heavy (non-hydrogen) atoms. The highest BCUT2D eigenvalue weighted by Gasteiger charge is 2.29. The Labute approximate surface area is 164 Å². The Balaban J connectivity index is 1.77. The molecular formula is C19H24N2O4S2. The summed E-state index contributed by atoms with van der Waals surface area (Å²) in [6, 6.07) is 8.94. The van der Waals surface area contributed by atoms with Crippen LogP contribution in [0.3, 0.4) is 0 Å². The van der Waals surface area contributed by atoms with Gasteiger partial charge in [-0.25, -0.2) is 8.42 Å². The van der Waals surface area contributed by atoms with E-state index >= 15 is 0 Å². The summed E-state index contributed by atoms with van der Waals surface area (Å²) in [6.45, 7) is 3.88. The van der Waals surface area contributed by atoms with Crippen LogP contribution in [0, 0.1) is 0 Å². The van der Waals surface area contributed by atoms with E-state index in [1.165, 1.54) is 15.2 Å². The largest absolute Gasteiger partial charge is 0.379 e. The summed E-state index contributed by atoms with van der Waals surface area (Å²) in [4.78, 5) is 13.9. The minimum absolute atomic E-state index is 0.220. The number of carbonyl (C=O) groups excluding carboxylic acids is 1. The van der Waals surface area contributed by atoms with Crippen molar-refractivity contribution in [2.75, 3.05) is 32.8 Å². The van der Waals surface area contributed by atoms with E-state index in [2.05, 4.69) is 5.32 Å². The van der Waals surface area contributed by atoms with Crippen LogP contribution in [0.15, 0.2) is 40.6 Å². The van der Waals surface area contributed by atoms with E-state index in [9.17, 15) is 13.2 Å². The van der Waals surface area contributed by atoms with Gasteiger partial charge in [-0.2, -0.15) is 4.31 Å². The standard InChI is InChI=1S/C19H24N2O4S2/c1-2-15-5-6-16(19(22)20-8-7-17-4-3-13-26-17)14-18(15)27(23,24)21-9-11-25-12-10-21/h3-6,13-14H,2,7-12H2,1H3,(H,20,22). The molecule has 2 aromatic rings. The van der Waals surface area contributed by atoms with Crippen LogP contribution in [0.25, 0.3) is 0 Å². The van der Waals surface area contributed by atoms with E-state index < -0.39 is 10.0 Å². The molecule has 0 saturated carbocycles. The van der Waals surface area contributed by atoms with Crippen LogP contribution in [0.1, 0.15) is 27.7 Å². The summed E-state index contributed by atoms with van der Waals surface area (Å²) < 4.78 is 32.8. The van der Waals surface area contributed by atoms with Gasteiger partial charge in [0.25, 0.3) is 5.91 Å². The van der Waals surface area contributed by atoms with Crippen molar-refractivity contribution >= 4 is 27.3 Å². The van der Waals surface area contributed by atoms with E-state index in [0.29, 0.717) is 44.8 Å². The molecular weight excluding hydrogens is 384 g/mol. The van der Waals surface area contributed by atoms with Gasteiger partial charge in [-0.3, -0.25) is 4.79 Å². The third-order valence-corrected chi connectivity index (χ3v) is 7.45. The van der Waals surface area contributed by atoms with Crippen LogP contribution in [-0.2, 0) is 27.6 Å². The lowest BCUT2D eigenvalue weighted by Gasteiger charge is -2.27. The maximum absolute atomic E-state index is 13.1. The lowest BCUT2D eigenvalue weighted by Crippen LogP contribution is -2.41. The monoisotopic (exact) mass is 408 g/mol. The van der Waals surface area contributed by atoms with E-state index in [1.807, 2.05) is 24.4 Å². The number of nitrogens with zero attached hydrogens (tertiary/aromatic N) is 1. The van der Waals surface area contributed by atoms with Gasteiger partial charge in [-0.15, -0.1) is 11.3 Å². The molecule has 1 amide bonds. The van der Waals surface area contributed by atoms with Gasteiger partial charge in [0.15, 0.2) is 0 Å². The number of carbonyl (C=O) groups is 1. The first-order valence-corrected chi connectivity index (χ1v) is 11.4. The lowest BCUT2D eigenvalue weighted by atomic mass is 10.1. The molecule has 1 aromatic carbocycles. The fourth-order valence-corrected chi connectivity index (χ4v) is 5.45. The number of morpholine rings is 1. The Kier molecular flexibility index (Phi) is 6.64. The van der Waals surface area contributed by atoms with Gasteiger partial charge in [0, 0.05) is 30.1 Å². The molecule has 1 aromatic heterocycles. The number of hydrogen-bond acceptors (Lipinski definition) is 5. The van der Waals surface area contributed by atoms with Crippen molar-refractivity contribution in [3.63, 3.8) is 0 Å². The number of rotatable bonds is 7. The average molecular weight is 409 g/mol. The predicted molar refractivity (Wildman–Crippen MR) is 106 cm³/mol. The van der Waals surface area contributed by atoms with Crippen LogP contribution >= 0.6 is 11.3 Å². The number of sulfonamides is 1. The Bertz CT molecular complexity index is 873. The molecule has 0 unspecified atom stereocenters. The molecule has 8 heteroatoms. The highest BCUT2D eigenvalue weighted by Crippen LogP contribution is 2.23. The summed E-state index contributed by atoms with van der Waals surface area (Å²) >= 11 is 1.65. The fourth-order valence-electron chi connectivity index (χ4n) is 3.01. The van der Waals surface area contributed by atoms with Gasteiger partial charge in [0.1, 0.15) is 0 Å². The quantitative estimate of drug-likeness (QED) is 0.763. The SMILES string of the molecule is CCc1ccc(C(=O)NCCc2cccs2)cc1S(=O)(=O)N1CCOCC1. The molecule has 1 saturated heterocycles. The van der Waals surface area contributed by atoms with Gasteiger partial charge in [0.05, 0.1) is 18.1 Å². The first kappa shape index (κ1) is 20.0. The zero-order valence-electron chi connectivity index (χ0n) is 15.3. The molecule has 0 atom stereocenters. The number of thiophene rings is 1. The number of ether oxygens (including phenoxy) is 1. The second kappa shape index (κ2) is 8.97. The van der Waals surface area contributed by atoms with Crippen molar-refractivity contribution in [3.8, 4) is 0 Å². The minimum atomic E-state index is -3.64. The van der Waals surface area contributed by atoms with Crippen molar-refractivity contribution in [3.05, 3.63) is 51.7 Å². The Hall–Kier alpha value is -1.74. The van der Waals surface area contributed by atoms with Gasteiger partial charge in [-0.1, -0.05) is 19.1 Å². The number of hydrogen-bond donors (Lipinski definition) is 1. The molecule has 0 bridgehead atoms. The molecule has 3 rings (SSSR count). The van der Waals surface area contributed by atoms with Crippen LogP contribution in [0.5, 0.6) is 0 Å². The van der Waals surface area contributed by atoms with Crippen molar-refractivity contribution in [1.82, 2.24) is 9.62 Å². The van der Waals surface area contributed by atoms with Gasteiger partial charge < -0.3 is 10.1 Å². The average Bonchev–Trinajstić information content (AvgIpc) is 3.21. The first-order valence-electron chi connectivity index (χ1n) is 9.03. The smallest absolute Gasteiger partial charge is 0.251 e. The highest BCUT2D eigenvalue weighted by molar-refractivity contribution is 7.89. The number of aryl methyl sites for hydroxylation is 1. The predicted octanol–water partition coefficient (Wildman–Crippen LogP) is 2.30. The Morgan fingerprint density at radius 3 is 2.70 bits per heavy atom. The van der Waals surface area contributed by atoms with Gasteiger partial charge in [-0.05, 0) is 42.0 Å². The zero-order chi connectivity index (χ0) is 19.3. The number of amides is 1. The minimum Gasteiger partial charge on any atom is -0.379 e. The maximum Gasteiger partial charge on any atom is 0.251 e. The molecule has 1 aliphatic rings. The van der Waals surface area contributed by atoms with Crippen LogP contribution in [0.2, 0.25) is 0 Å². The Morgan fingerprint density at radius 2 is 2.04 bits per heavy atom. The van der Waals surface area contributed by atoms with Crippen molar-refractivity contribution < 1.29 is 17.9 Å². The van der Waals surface area contributed by atoms with Crippen LogP contribution < -0.4 is 5.32 Å². The highest BCUT2D eigenvalue weighted by atomic mass is 32.2. The number of benzene rings is 1. The molecule has 1 N–H and O–H groups in total. The molecule has 146 valence electrons. The topological polar surface area (TPSA) is 75.7 Å². The van der Waals surface area contributed by atoms with Gasteiger partial charge in [0.2, 0.25) is 10.0 Å². The molecule has 6 nitrogen and oxygen atoms in total. The van der Waals surface area contributed by atoms with Crippen molar-refractivity contribution in [1.29, 1.82) is 0 Å². The molecule has 1 aliphatic heterocycles. The normalized spacial score (nSPS) is 15.6. The van der Waals surface area contributed by atoms with Crippen LogP contribution in [-0.4, -0.2) is 51.5 Å². The third-order valence-electron chi connectivity index (χ3n) is 4.54. The van der Waals surface area contributed by atoms with E-state index in [4.69, 9.17) is 4.74 Å². The number of nitrogens with one attached hydrogen (secondary N) is 1. The van der Waals surface area contributed by atoms with Crippen molar-refractivity contribution in [2.45, 2.75) is 24.7 Å². The van der Waals surface area contributed by atoms with E-state index in [-0.39, 0.29) is 10.8 Å². The molecule has 0 spiro atoms. The maximum atomic E-state index is 13.1. The second-order valence-electron chi connectivity index (χ2n) is 6.28. The lowest BCUT2D eigenvalue weighted by molar-refractivity contribution is 0.0730. The van der Waals surface area contributed by atoms with Gasteiger partial charge >= 0.3 is 0 Å². The second-order valence-corrected chi connectivity index (χ2v) is 9.22. The summed E-state index contributed by atoms with van der Waals surface area (Å²) in [6.07, 6.45) is 1.34. The molecule has 2 heterocycles. The van der Waals surface area contributed by atoms with E-state index in [1.54, 1.807) is 23.5 Å². The molecule has 0 aliphatic carbocycles.